The number of hydrogen-bond donors (Lipinski definition) is 1. The van der Waals surface area contributed by atoms with Crippen LogP contribution in [0.4, 0.5) is 0 Å². The molecule has 2 aromatic rings. The van der Waals surface area contributed by atoms with E-state index < -0.39 is 0 Å². The average molecular weight is 292 g/mol. The molecule has 2 rings (SSSR count). The van der Waals surface area contributed by atoms with Crippen LogP contribution in [0.5, 0.6) is 5.75 Å². The molecule has 3 nitrogen and oxygen atoms in total. The highest BCUT2D eigenvalue weighted by Gasteiger charge is 2.10. The molecular formula is C14H16N2OS2. The van der Waals surface area contributed by atoms with Gasteiger partial charge in [0.1, 0.15) is 22.4 Å². The molecule has 0 unspecified atom stereocenters. The molecule has 0 spiro atoms. The summed E-state index contributed by atoms with van der Waals surface area (Å²) in [6, 6.07) is 6.16. The van der Waals surface area contributed by atoms with Gasteiger partial charge in [-0.1, -0.05) is 24.4 Å². The van der Waals surface area contributed by atoms with Crippen LogP contribution >= 0.6 is 23.6 Å². The Morgan fingerprint density at radius 2 is 2.11 bits per heavy atom. The topological polar surface area (TPSA) is 48.1 Å². The number of thiazole rings is 1. The van der Waals surface area contributed by atoms with Crippen LogP contribution in [0.2, 0.25) is 0 Å². The van der Waals surface area contributed by atoms with Gasteiger partial charge in [-0.25, -0.2) is 4.98 Å². The lowest BCUT2D eigenvalue weighted by Gasteiger charge is -2.08. The molecule has 0 aliphatic carbocycles. The molecule has 19 heavy (non-hydrogen) atoms. The number of rotatable bonds is 4. The maximum Gasteiger partial charge on any atom is 0.140 e. The van der Waals surface area contributed by atoms with Gasteiger partial charge in [0, 0.05) is 0 Å². The second-order valence-corrected chi connectivity index (χ2v) is 5.97. The van der Waals surface area contributed by atoms with Gasteiger partial charge in [-0.15, -0.1) is 11.3 Å². The predicted octanol–water partition coefficient (Wildman–Crippen LogP) is 3.28. The third-order valence-electron chi connectivity index (χ3n) is 2.76. The summed E-state index contributed by atoms with van der Waals surface area (Å²) in [5.41, 5.74) is 8.81. The van der Waals surface area contributed by atoms with Crippen molar-refractivity contribution >= 4 is 28.5 Å². The minimum atomic E-state index is 0.396. The SMILES string of the molecule is Cc1ccc(C)c(OCc2nc(C)c(C(N)=S)s2)c1. The van der Waals surface area contributed by atoms with Crippen molar-refractivity contribution in [3.8, 4) is 5.75 Å². The van der Waals surface area contributed by atoms with Gasteiger partial charge >= 0.3 is 0 Å². The molecule has 1 aromatic carbocycles. The normalized spacial score (nSPS) is 10.5. The summed E-state index contributed by atoms with van der Waals surface area (Å²) in [7, 11) is 0. The maximum absolute atomic E-state index is 5.82. The van der Waals surface area contributed by atoms with Gasteiger partial charge in [0.05, 0.1) is 10.6 Å². The molecular weight excluding hydrogens is 276 g/mol. The fourth-order valence-corrected chi connectivity index (χ4v) is 2.85. The molecule has 0 fully saturated rings. The smallest absolute Gasteiger partial charge is 0.140 e. The highest BCUT2D eigenvalue weighted by atomic mass is 32.1. The fraction of sp³-hybridized carbons (Fsp3) is 0.286. The minimum absolute atomic E-state index is 0.396. The van der Waals surface area contributed by atoms with Crippen molar-refractivity contribution in [1.82, 2.24) is 4.98 Å². The number of aryl methyl sites for hydroxylation is 3. The summed E-state index contributed by atoms with van der Waals surface area (Å²) in [6.45, 7) is 6.43. The van der Waals surface area contributed by atoms with E-state index in [9.17, 15) is 0 Å². The Kier molecular flexibility index (Phi) is 4.17. The molecule has 0 amide bonds. The van der Waals surface area contributed by atoms with Crippen LogP contribution in [-0.4, -0.2) is 9.97 Å². The van der Waals surface area contributed by atoms with Gasteiger partial charge in [-0.05, 0) is 38.0 Å². The van der Waals surface area contributed by atoms with Crippen LogP contribution in [-0.2, 0) is 6.61 Å². The van der Waals surface area contributed by atoms with Crippen LogP contribution in [0, 0.1) is 20.8 Å². The summed E-state index contributed by atoms with van der Waals surface area (Å²) < 4.78 is 5.82. The first-order chi connectivity index (χ1) is 8.97. The van der Waals surface area contributed by atoms with E-state index in [-0.39, 0.29) is 0 Å². The second-order valence-electron chi connectivity index (χ2n) is 4.44. The lowest BCUT2D eigenvalue weighted by Crippen LogP contribution is -2.08. The second kappa shape index (κ2) is 5.67. The standard InChI is InChI=1S/C14H16N2OS2/c1-8-4-5-9(2)11(6-8)17-7-12-16-10(3)13(19-12)14(15)18/h4-6H,7H2,1-3H3,(H2,15,18). The van der Waals surface area contributed by atoms with Gasteiger partial charge in [0.15, 0.2) is 0 Å². The number of hydrogen-bond acceptors (Lipinski definition) is 4. The molecule has 0 bridgehead atoms. The summed E-state index contributed by atoms with van der Waals surface area (Å²) in [4.78, 5) is 5.69. The monoisotopic (exact) mass is 292 g/mol. The predicted molar refractivity (Wildman–Crippen MR) is 83.0 cm³/mol. The fourth-order valence-electron chi connectivity index (χ4n) is 1.74. The lowest BCUT2D eigenvalue weighted by atomic mass is 10.1. The molecule has 0 saturated carbocycles. The summed E-state index contributed by atoms with van der Waals surface area (Å²) in [6.07, 6.45) is 0. The van der Waals surface area contributed by atoms with Crippen molar-refractivity contribution in [3.63, 3.8) is 0 Å². The number of ether oxygens (including phenoxy) is 1. The van der Waals surface area contributed by atoms with Crippen LogP contribution < -0.4 is 10.5 Å². The van der Waals surface area contributed by atoms with E-state index in [1.165, 1.54) is 16.9 Å². The van der Waals surface area contributed by atoms with Gasteiger partial charge in [-0.3, -0.25) is 0 Å². The third kappa shape index (κ3) is 3.30. The van der Waals surface area contributed by atoms with Gasteiger partial charge in [-0.2, -0.15) is 0 Å². The average Bonchev–Trinajstić information content (AvgIpc) is 2.72. The van der Waals surface area contributed by atoms with E-state index in [4.69, 9.17) is 22.7 Å². The maximum atomic E-state index is 5.82. The molecule has 0 aliphatic heterocycles. The molecule has 0 aliphatic rings. The Hall–Kier alpha value is -1.46. The lowest BCUT2D eigenvalue weighted by molar-refractivity contribution is 0.303. The van der Waals surface area contributed by atoms with Gasteiger partial charge < -0.3 is 10.5 Å². The van der Waals surface area contributed by atoms with Crippen molar-refractivity contribution < 1.29 is 4.74 Å². The third-order valence-corrected chi connectivity index (χ3v) is 4.26. The van der Waals surface area contributed by atoms with Crippen molar-refractivity contribution in [2.24, 2.45) is 5.73 Å². The van der Waals surface area contributed by atoms with E-state index in [1.807, 2.05) is 26.8 Å². The van der Waals surface area contributed by atoms with Crippen LogP contribution in [0.3, 0.4) is 0 Å². The Morgan fingerprint density at radius 1 is 1.37 bits per heavy atom. The number of benzene rings is 1. The molecule has 0 atom stereocenters. The molecule has 0 radical (unpaired) electrons. The Labute approximate surface area is 122 Å². The Morgan fingerprint density at radius 3 is 2.74 bits per heavy atom. The Bertz CT molecular complexity index is 620. The number of aromatic nitrogens is 1. The highest BCUT2D eigenvalue weighted by molar-refractivity contribution is 7.81. The first-order valence-electron chi connectivity index (χ1n) is 5.93. The van der Waals surface area contributed by atoms with E-state index in [2.05, 4.69) is 17.1 Å². The Balaban J connectivity index is 2.12. The zero-order chi connectivity index (χ0) is 14.0. The van der Waals surface area contributed by atoms with E-state index in [0.29, 0.717) is 11.6 Å². The zero-order valence-corrected chi connectivity index (χ0v) is 12.8. The molecule has 2 N–H and O–H groups in total. The zero-order valence-electron chi connectivity index (χ0n) is 11.2. The quantitative estimate of drug-likeness (QED) is 0.879. The minimum Gasteiger partial charge on any atom is -0.486 e. The summed E-state index contributed by atoms with van der Waals surface area (Å²) >= 11 is 6.48. The molecule has 1 aromatic heterocycles. The first kappa shape index (κ1) is 14.0. The van der Waals surface area contributed by atoms with Crippen LogP contribution in [0.15, 0.2) is 18.2 Å². The number of nitrogens with zero attached hydrogens (tertiary/aromatic N) is 1. The molecule has 100 valence electrons. The van der Waals surface area contributed by atoms with E-state index in [1.54, 1.807) is 0 Å². The highest BCUT2D eigenvalue weighted by Crippen LogP contribution is 2.23. The molecule has 1 heterocycles. The van der Waals surface area contributed by atoms with Crippen molar-refractivity contribution in [3.05, 3.63) is 44.9 Å². The van der Waals surface area contributed by atoms with Gasteiger partial charge in [0.25, 0.3) is 0 Å². The molecule has 0 saturated heterocycles. The van der Waals surface area contributed by atoms with E-state index in [0.717, 1.165) is 26.9 Å². The van der Waals surface area contributed by atoms with E-state index >= 15 is 0 Å². The van der Waals surface area contributed by atoms with Crippen LogP contribution in [0.1, 0.15) is 26.7 Å². The molecule has 5 heteroatoms. The first-order valence-corrected chi connectivity index (χ1v) is 7.16. The largest absolute Gasteiger partial charge is 0.486 e. The number of thiocarbonyl (C=S) groups is 1. The number of nitrogens with two attached hydrogens (primary N) is 1. The van der Waals surface area contributed by atoms with Crippen LogP contribution in [0.25, 0.3) is 0 Å². The summed E-state index contributed by atoms with van der Waals surface area (Å²) in [5, 5.41) is 0.890. The van der Waals surface area contributed by atoms with Crippen molar-refractivity contribution in [2.75, 3.05) is 0 Å². The van der Waals surface area contributed by atoms with Gasteiger partial charge in [0.2, 0.25) is 0 Å². The summed E-state index contributed by atoms with van der Waals surface area (Å²) in [5.74, 6) is 0.893. The van der Waals surface area contributed by atoms with Crippen molar-refractivity contribution in [1.29, 1.82) is 0 Å². The van der Waals surface area contributed by atoms with Crippen molar-refractivity contribution in [2.45, 2.75) is 27.4 Å².